The van der Waals surface area contributed by atoms with Gasteiger partial charge >= 0.3 is 0 Å². The largest absolute Gasteiger partial charge is 0.492 e. The molecule has 0 saturated carbocycles. The van der Waals surface area contributed by atoms with E-state index in [4.69, 9.17) is 14.5 Å². The molecule has 0 bridgehead atoms. The van der Waals surface area contributed by atoms with Gasteiger partial charge in [-0.1, -0.05) is 36.4 Å². The number of benzene rings is 3. The Morgan fingerprint density at radius 1 is 1.03 bits per heavy atom. The fourth-order valence-corrected chi connectivity index (χ4v) is 4.03. The summed E-state index contributed by atoms with van der Waals surface area (Å²) in [6.07, 6.45) is 3.74. The zero-order valence-corrected chi connectivity index (χ0v) is 18.8. The first-order valence-electron chi connectivity index (χ1n) is 9.88. The summed E-state index contributed by atoms with van der Waals surface area (Å²) in [5.74, 6) is 1.83. The molecular weight excluding hydrogens is 456 g/mol. The second-order valence-corrected chi connectivity index (χ2v) is 7.62. The van der Waals surface area contributed by atoms with Crippen LogP contribution >= 0.6 is 15.9 Å². The highest BCUT2D eigenvalue weighted by Gasteiger charge is 2.12. The second kappa shape index (κ2) is 9.18. The van der Waals surface area contributed by atoms with Crippen molar-refractivity contribution in [3.05, 3.63) is 92.9 Å². The van der Waals surface area contributed by atoms with Crippen LogP contribution in [0.15, 0.2) is 76.0 Å². The van der Waals surface area contributed by atoms with Crippen LogP contribution in [0.25, 0.3) is 28.7 Å². The minimum atomic E-state index is -0.109. The van der Waals surface area contributed by atoms with Crippen molar-refractivity contribution in [2.75, 3.05) is 13.7 Å². The van der Waals surface area contributed by atoms with E-state index in [1.54, 1.807) is 17.7 Å². The topological polar surface area (TPSA) is 53.3 Å². The van der Waals surface area contributed by atoms with Gasteiger partial charge in [0, 0.05) is 0 Å². The van der Waals surface area contributed by atoms with Crippen LogP contribution in [0.3, 0.4) is 0 Å². The Hall–Kier alpha value is -3.38. The Bertz CT molecular complexity index is 1310. The van der Waals surface area contributed by atoms with Crippen molar-refractivity contribution in [3.8, 4) is 17.2 Å². The second-order valence-electron chi connectivity index (χ2n) is 6.76. The zero-order chi connectivity index (χ0) is 21.8. The first-order valence-corrected chi connectivity index (χ1v) is 10.7. The van der Waals surface area contributed by atoms with Gasteiger partial charge in [-0.3, -0.25) is 9.36 Å². The van der Waals surface area contributed by atoms with Crippen LogP contribution in [-0.4, -0.2) is 23.3 Å². The lowest BCUT2D eigenvalue weighted by molar-refractivity contribution is 0.310. The van der Waals surface area contributed by atoms with Crippen LogP contribution in [0.1, 0.15) is 18.3 Å². The number of aromatic nitrogens is 2. The lowest BCUT2D eigenvalue weighted by atomic mass is 10.1. The lowest BCUT2D eigenvalue weighted by Gasteiger charge is -2.13. The van der Waals surface area contributed by atoms with Crippen molar-refractivity contribution in [2.45, 2.75) is 6.92 Å². The Morgan fingerprint density at radius 3 is 2.52 bits per heavy atom. The normalized spacial score (nSPS) is 11.2. The highest BCUT2D eigenvalue weighted by Crippen LogP contribution is 2.37. The van der Waals surface area contributed by atoms with E-state index < -0.39 is 0 Å². The maximum atomic E-state index is 13.3. The molecule has 31 heavy (non-hydrogen) atoms. The Morgan fingerprint density at radius 2 is 1.77 bits per heavy atom. The van der Waals surface area contributed by atoms with Crippen LogP contribution < -0.4 is 15.0 Å². The molecule has 0 aliphatic heterocycles. The van der Waals surface area contributed by atoms with E-state index in [9.17, 15) is 4.79 Å². The number of hydrogen-bond acceptors (Lipinski definition) is 4. The van der Waals surface area contributed by atoms with Crippen molar-refractivity contribution in [2.24, 2.45) is 0 Å². The summed E-state index contributed by atoms with van der Waals surface area (Å²) in [5, 5.41) is 0.578. The molecule has 0 N–H and O–H groups in total. The van der Waals surface area contributed by atoms with E-state index in [2.05, 4.69) is 15.9 Å². The first kappa shape index (κ1) is 20.9. The number of nitrogens with zero attached hydrogens (tertiary/aromatic N) is 2. The maximum Gasteiger partial charge on any atom is 0.266 e. The van der Waals surface area contributed by atoms with E-state index in [1.807, 2.05) is 79.7 Å². The molecule has 0 aliphatic carbocycles. The molecule has 4 rings (SSSR count). The van der Waals surface area contributed by atoms with Gasteiger partial charge in [0.2, 0.25) is 0 Å². The van der Waals surface area contributed by atoms with Crippen LogP contribution in [0.5, 0.6) is 11.5 Å². The monoisotopic (exact) mass is 476 g/mol. The number of ether oxygens (including phenoxy) is 2. The number of rotatable bonds is 6. The van der Waals surface area contributed by atoms with E-state index in [0.29, 0.717) is 34.8 Å². The number of halogens is 1. The number of para-hydroxylation sites is 2. The summed E-state index contributed by atoms with van der Waals surface area (Å²) >= 11 is 3.54. The molecule has 0 saturated heterocycles. The molecule has 0 unspecified atom stereocenters. The summed E-state index contributed by atoms with van der Waals surface area (Å²) in [6.45, 7) is 2.45. The van der Waals surface area contributed by atoms with Crippen LogP contribution in [-0.2, 0) is 0 Å². The summed E-state index contributed by atoms with van der Waals surface area (Å²) in [6, 6.07) is 20.7. The average Bonchev–Trinajstić information content (AvgIpc) is 2.78. The summed E-state index contributed by atoms with van der Waals surface area (Å²) < 4.78 is 13.6. The van der Waals surface area contributed by atoms with Crippen LogP contribution in [0.2, 0.25) is 0 Å². The standard InChI is InChI=1S/C25H21BrN2O3/c1-3-31-22-16-17(15-20(26)24(22)30-2)13-14-23-27-21-12-8-7-11-19(21)25(29)28(23)18-9-5-4-6-10-18/h4-16H,3H2,1-2H3/b14-13+. The maximum absolute atomic E-state index is 13.3. The van der Waals surface area contributed by atoms with Gasteiger partial charge in [0.25, 0.3) is 5.56 Å². The Balaban J connectivity index is 1.87. The van der Waals surface area contributed by atoms with Crippen LogP contribution in [0.4, 0.5) is 0 Å². The van der Waals surface area contributed by atoms with Crippen molar-refractivity contribution < 1.29 is 9.47 Å². The number of methoxy groups -OCH3 is 1. The SMILES string of the molecule is CCOc1cc(/C=C/c2nc3ccccc3c(=O)n2-c2ccccc2)cc(Br)c1OC. The van der Waals surface area contributed by atoms with E-state index in [1.165, 1.54) is 0 Å². The minimum Gasteiger partial charge on any atom is -0.492 e. The smallest absolute Gasteiger partial charge is 0.266 e. The average molecular weight is 477 g/mol. The summed E-state index contributed by atoms with van der Waals surface area (Å²) in [7, 11) is 1.61. The lowest BCUT2D eigenvalue weighted by Crippen LogP contribution is -2.22. The molecule has 0 fully saturated rings. The van der Waals surface area contributed by atoms with Gasteiger partial charge in [-0.05, 0) is 70.9 Å². The molecule has 0 radical (unpaired) electrons. The van der Waals surface area contributed by atoms with Crippen molar-refractivity contribution in [1.82, 2.24) is 9.55 Å². The molecule has 6 heteroatoms. The zero-order valence-electron chi connectivity index (χ0n) is 17.2. The van der Waals surface area contributed by atoms with Gasteiger partial charge in [0.1, 0.15) is 5.82 Å². The third kappa shape index (κ3) is 4.25. The highest BCUT2D eigenvalue weighted by atomic mass is 79.9. The molecule has 4 aromatic rings. The number of hydrogen-bond donors (Lipinski definition) is 0. The van der Waals surface area contributed by atoms with E-state index in [0.717, 1.165) is 15.7 Å². The minimum absolute atomic E-state index is 0.109. The molecule has 3 aromatic carbocycles. The molecular formula is C25H21BrN2O3. The van der Waals surface area contributed by atoms with Crippen molar-refractivity contribution in [3.63, 3.8) is 0 Å². The van der Waals surface area contributed by atoms with Crippen molar-refractivity contribution in [1.29, 1.82) is 0 Å². The molecule has 0 atom stereocenters. The molecule has 156 valence electrons. The fraction of sp³-hybridized carbons (Fsp3) is 0.120. The number of fused-ring (bicyclic) bond motifs is 1. The molecule has 0 spiro atoms. The van der Waals surface area contributed by atoms with Crippen molar-refractivity contribution >= 4 is 39.0 Å². The fourth-order valence-electron chi connectivity index (χ4n) is 3.40. The van der Waals surface area contributed by atoms with Gasteiger partial charge in [-0.2, -0.15) is 0 Å². The predicted octanol–water partition coefficient (Wildman–Crippen LogP) is 5.73. The van der Waals surface area contributed by atoms with Crippen LogP contribution in [0, 0.1) is 0 Å². The molecule has 0 aliphatic rings. The van der Waals surface area contributed by atoms with E-state index >= 15 is 0 Å². The Labute approximate surface area is 188 Å². The summed E-state index contributed by atoms with van der Waals surface area (Å²) in [5.41, 5.74) is 2.20. The summed E-state index contributed by atoms with van der Waals surface area (Å²) in [4.78, 5) is 18.0. The van der Waals surface area contributed by atoms with Gasteiger partial charge in [0.05, 0.1) is 34.8 Å². The first-order chi connectivity index (χ1) is 15.1. The third-order valence-corrected chi connectivity index (χ3v) is 5.37. The van der Waals surface area contributed by atoms with Gasteiger partial charge < -0.3 is 9.47 Å². The third-order valence-electron chi connectivity index (χ3n) is 4.78. The van der Waals surface area contributed by atoms with E-state index in [-0.39, 0.29) is 5.56 Å². The molecule has 5 nitrogen and oxygen atoms in total. The Kier molecular flexibility index (Phi) is 6.18. The molecule has 0 amide bonds. The van der Waals surface area contributed by atoms with Gasteiger partial charge in [-0.15, -0.1) is 0 Å². The van der Waals surface area contributed by atoms with Gasteiger partial charge in [-0.25, -0.2) is 4.98 Å². The highest BCUT2D eigenvalue weighted by molar-refractivity contribution is 9.10. The quantitative estimate of drug-likeness (QED) is 0.356. The molecule has 1 heterocycles. The predicted molar refractivity (Wildman–Crippen MR) is 128 cm³/mol. The molecule has 1 aromatic heterocycles. The van der Waals surface area contributed by atoms with Gasteiger partial charge in [0.15, 0.2) is 11.5 Å².